The molecule has 0 radical (unpaired) electrons. The number of fused-ring (bicyclic) bond motifs is 1. The molecule has 0 aliphatic carbocycles. The molecule has 1 heterocycles. The van der Waals surface area contributed by atoms with Crippen LogP contribution in [0.5, 0.6) is 5.75 Å². The lowest BCUT2D eigenvalue weighted by molar-refractivity contribution is -0.137. The summed E-state index contributed by atoms with van der Waals surface area (Å²) < 4.78 is 37.7. The molecule has 2 aromatic carbocycles. The number of carbonyl (C=O) groups excluding carboxylic acids is 1. The fraction of sp³-hybridized carbons (Fsp3) is 0.375. The van der Waals surface area contributed by atoms with Crippen LogP contribution in [0, 0.1) is 0 Å². The summed E-state index contributed by atoms with van der Waals surface area (Å²) in [7, 11) is 0. The summed E-state index contributed by atoms with van der Waals surface area (Å²) in [5, 5.41) is 16.8. The number of hydrogen-bond donors (Lipinski definition) is 4. The zero-order chi connectivity index (χ0) is 23.1. The van der Waals surface area contributed by atoms with Crippen LogP contribution in [0.1, 0.15) is 43.7 Å². The molecule has 0 spiro atoms. The molecule has 0 bridgehead atoms. The summed E-state index contributed by atoms with van der Waals surface area (Å²) in [5.41, 5.74) is 1.78. The van der Waals surface area contributed by atoms with Gasteiger partial charge in [0, 0.05) is 35.2 Å². The number of aromatic hydroxyl groups is 1. The van der Waals surface area contributed by atoms with Crippen molar-refractivity contribution in [3.8, 4) is 5.75 Å². The van der Waals surface area contributed by atoms with Gasteiger partial charge >= 0.3 is 6.18 Å². The minimum Gasteiger partial charge on any atom is -0.508 e. The topological polar surface area (TPSA) is 77.2 Å². The second kappa shape index (κ2) is 10.5. The number of phenols is 1. The first-order valence-corrected chi connectivity index (χ1v) is 10.7. The van der Waals surface area contributed by atoms with Crippen LogP contribution in [-0.2, 0) is 17.4 Å². The van der Waals surface area contributed by atoms with Crippen LogP contribution in [0.15, 0.2) is 48.7 Å². The Balaban J connectivity index is 1.31. The molecule has 0 aliphatic rings. The second-order valence-corrected chi connectivity index (χ2v) is 8.02. The van der Waals surface area contributed by atoms with Crippen LogP contribution in [0.3, 0.4) is 0 Å². The number of carbonyl (C=O) groups is 1. The van der Waals surface area contributed by atoms with Gasteiger partial charge in [-0.2, -0.15) is 13.2 Å². The third kappa shape index (κ3) is 6.75. The predicted molar refractivity (Wildman–Crippen MR) is 120 cm³/mol. The summed E-state index contributed by atoms with van der Waals surface area (Å²) in [5.74, 6) is 0.0509. The van der Waals surface area contributed by atoms with E-state index in [0.717, 1.165) is 54.4 Å². The van der Waals surface area contributed by atoms with Gasteiger partial charge < -0.3 is 20.7 Å². The zero-order valence-corrected chi connectivity index (χ0v) is 17.9. The SMILES string of the molecule is CC(CCCCC(=O)Nc1ccc(C(F)(F)F)cc1)NCCc1c[nH]c2ccc(O)cc12. The van der Waals surface area contributed by atoms with Gasteiger partial charge in [-0.05, 0) is 80.8 Å². The van der Waals surface area contributed by atoms with E-state index in [2.05, 4.69) is 22.5 Å². The van der Waals surface area contributed by atoms with E-state index in [1.807, 2.05) is 12.3 Å². The largest absolute Gasteiger partial charge is 0.508 e. The highest BCUT2D eigenvalue weighted by atomic mass is 19.4. The number of unbranched alkanes of at least 4 members (excludes halogenated alkanes) is 1. The summed E-state index contributed by atoms with van der Waals surface area (Å²) >= 11 is 0. The maximum atomic E-state index is 12.6. The van der Waals surface area contributed by atoms with Gasteiger partial charge in [-0.15, -0.1) is 0 Å². The monoisotopic (exact) mass is 447 g/mol. The number of H-pyrrole nitrogens is 1. The van der Waals surface area contributed by atoms with Crippen molar-refractivity contribution in [3.05, 3.63) is 59.8 Å². The summed E-state index contributed by atoms with van der Waals surface area (Å²) in [4.78, 5) is 15.2. The second-order valence-electron chi connectivity index (χ2n) is 8.02. The highest BCUT2D eigenvalue weighted by molar-refractivity contribution is 5.90. The molecule has 5 nitrogen and oxygen atoms in total. The number of benzene rings is 2. The van der Waals surface area contributed by atoms with E-state index in [1.165, 1.54) is 12.1 Å². The number of aromatic nitrogens is 1. The van der Waals surface area contributed by atoms with E-state index < -0.39 is 11.7 Å². The van der Waals surface area contributed by atoms with E-state index in [1.54, 1.807) is 12.1 Å². The van der Waals surface area contributed by atoms with Gasteiger partial charge in [-0.1, -0.05) is 6.42 Å². The maximum absolute atomic E-state index is 12.6. The van der Waals surface area contributed by atoms with Crippen LogP contribution >= 0.6 is 0 Å². The molecule has 1 atom stereocenters. The molecule has 172 valence electrons. The number of rotatable bonds is 10. The number of hydrogen-bond acceptors (Lipinski definition) is 3. The lowest BCUT2D eigenvalue weighted by Crippen LogP contribution is -2.28. The third-order valence-corrected chi connectivity index (χ3v) is 5.43. The third-order valence-electron chi connectivity index (χ3n) is 5.43. The Kier molecular flexibility index (Phi) is 7.80. The molecule has 1 amide bonds. The fourth-order valence-corrected chi connectivity index (χ4v) is 3.63. The fourth-order valence-electron chi connectivity index (χ4n) is 3.63. The minimum absolute atomic E-state index is 0.201. The Morgan fingerprint density at radius 3 is 2.59 bits per heavy atom. The van der Waals surface area contributed by atoms with Crippen molar-refractivity contribution in [1.29, 1.82) is 0 Å². The Bertz CT molecular complexity index is 1030. The molecule has 0 fully saturated rings. The molecular weight excluding hydrogens is 419 g/mol. The van der Waals surface area contributed by atoms with Gasteiger partial charge in [-0.3, -0.25) is 4.79 Å². The van der Waals surface area contributed by atoms with Crippen LogP contribution < -0.4 is 10.6 Å². The van der Waals surface area contributed by atoms with Crippen molar-refractivity contribution in [2.24, 2.45) is 0 Å². The minimum atomic E-state index is -4.38. The van der Waals surface area contributed by atoms with E-state index in [4.69, 9.17) is 0 Å². The molecule has 0 saturated carbocycles. The Morgan fingerprint density at radius 2 is 1.88 bits per heavy atom. The predicted octanol–water partition coefficient (Wildman–Crippen LogP) is 5.61. The first-order chi connectivity index (χ1) is 15.2. The highest BCUT2D eigenvalue weighted by Crippen LogP contribution is 2.29. The first-order valence-electron chi connectivity index (χ1n) is 10.7. The lowest BCUT2D eigenvalue weighted by Gasteiger charge is -2.13. The number of anilines is 1. The number of alkyl halides is 3. The van der Waals surface area contributed by atoms with Crippen LogP contribution in [0.2, 0.25) is 0 Å². The molecule has 1 unspecified atom stereocenters. The van der Waals surface area contributed by atoms with Crippen LogP contribution in [0.4, 0.5) is 18.9 Å². The van der Waals surface area contributed by atoms with Gasteiger partial charge in [0.15, 0.2) is 0 Å². The van der Waals surface area contributed by atoms with Gasteiger partial charge in [0.05, 0.1) is 5.56 Å². The van der Waals surface area contributed by atoms with Gasteiger partial charge in [0.25, 0.3) is 0 Å². The van der Waals surface area contributed by atoms with E-state index >= 15 is 0 Å². The van der Waals surface area contributed by atoms with Gasteiger partial charge in [0.2, 0.25) is 5.91 Å². The average molecular weight is 448 g/mol. The molecule has 4 N–H and O–H groups in total. The summed E-state index contributed by atoms with van der Waals surface area (Å²) in [6.45, 7) is 2.90. The maximum Gasteiger partial charge on any atom is 0.416 e. The average Bonchev–Trinajstić information content (AvgIpc) is 3.13. The van der Waals surface area contributed by atoms with E-state index in [-0.39, 0.29) is 11.7 Å². The molecule has 32 heavy (non-hydrogen) atoms. The molecule has 0 aliphatic heterocycles. The Labute approximate surface area is 185 Å². The number of aromatic amines is 1. The number of amides is 1. The van der Waals surface area contributed by atoms with E-state index in [9.17, 15) is 23.1 Å². The normalized spacial score (nSPS) is 12.8. The smallest absolute Gasteiger partial charge is 0.416 e. The van der Waals surface area contributed by atoms with Crippen molar-refractivity contribution in [1.82, 2.24) is 10.3 Å². The summed E-state index contributed by atoms with van der Waals surface area (Å²) in [6, 6.07) is 10.0. The lowest BCUT2D eigenvalue weighted by atomic mass is 10.1. The van der Waals surface area contributed by atoms with Crippen LogP contribution in [0.25, 0.3) is 10.9 Å². The standard InChI is InChI=1S/C24H28F3N3O2/c1-16(28-13-12-17-15-29-22-11-10-20(31)14-21(17)22)4-2-3-5-23(32)30-19-8-6-18(7-9-19)24(25,26)27/h6-11,14-16,28-29,31H,2-5,12-13H2,1H3,(H,30,32). The highest BCUT2D eigenvalue weighted by Gasteiger charge is 2.29. The number of phenolic OH excluding ortho intramolecular Hbond substituents is 1. The van der Waals surface area contributed by atoms with Gasteiger partial charge in [0.1, 0.15) is 5.75 Å². The number of halogens is 3. The molecule has 0 saturated heterocycles. The van der Waals surface area contributed by atoms with Crippen LogP contribution in [-0.4, -0.2) is 28.6 Å². The van der Waals surface area contributed by atoms with Crippen molar-refractivity contribution < 1.29 is 23.1 Å². The van der Waals surface area contributed by atoms with E-state index in [0.29, 0.717) is 24.6 Å². The Morgan fingerprint density at radius 1 is 1.12 bits per heavy atom. The van der Waals surface area contributed by atoms with Crippen molar-refractivity contribution in [2.45, 2.75) is 51.2 Å². The quantitative estimate of drug-likeness (QED) is 0.305. The molecule has 1 aromatic heterocycles. The molecular formula is C24H28F3N3O2. The first kappa shape index (κ1) is 23.7. The van der Waals surface area contributed by atoms with Crippen molar-refractivity contribution in [2.75, 3.05) is 11.9 Å². The summed E-state index contributed by atoms with van der Waals surface area (Å²) in [6.07, 6.45) is 1.24. The van der Waals surface area contributed by atoms with Gasteiger partial charge in [-0.25, -0.2) is 0 Å². The van der Waals surface area contributed by atoms with Crippen molar-refractivity contribution in [3.63, 3.8) is 0 Å². The molecule has 3 rings (SSSR count). The zero-order valence-electron chi connectivity index (χ0n) is 17.9. The number of nitrogens with one attached hydrogen (secondary N) is 3. The van der Waals surface area contributed by atoms with Crippen molar-refractivity contribution >= 4 is 22.5 Å². The molecule has 3 aromatic rings. The molecule has 8 heteroatoms. The Hall–Kier alpha value is -3.00.